The van der Waals surface area contributed by atoms with Crippen LogP contribution in [0.3, 0.4) is 0 Å². The van der Waals surface area contributed by atoms with Gasteiger partial charge in [0, 0.05) is 0 Å². The molecule has 1 unspecified atom stereocenters. The monoisotopic (exact) mass is 215 g/mol. The summed E-state index contributed by atoms with van der Waals surface area (Å²) in [5.41, 5.74) is 5.26. The van der Waals surface area contributed by atoms with Crippen LogP contribution in [-0.2, 0) is 4.74 Å². The molecule has 1 fully saturated rings. The molecule has 0 radical (unpaired) electrons. The molecule has 1 aliphatic heterocycles. The summed E-state index contributed by atoms with van der Waals surface area (Å²) >= 11 is 0. The van der Waals surface area contributed by atoms with Gasteiger partial charge in [-0.3, -0.25) is 0 Å². The van der Waals surface area contributed by atoms with Crippen molar-refractivity contribution < 1.29 is 25.2 Å². The highest BCUT2D eigenvalue weighted by Crippen LogP contribution is 2.17. The van der Waals surface area contributed by atoms with Gasteiger partial charge in [0.25, 0.3) is 0 Å². The quantitative estimate of drug-likeness (QED) is 0.322. The number of halogens is 1. The van der Waals surface area contributed by atoms with E-state index in [2.05, 4.69) is 0 Å². The van der Waals surface area contributed by atoms with Gasteiger partial charge < -0.3 is 30.9 Å². The van der Waals surface area contributed by atoms with Gasteiger partial charge in [0.15, 0.2) is 6.29 Å². The third-order valence-corrected chi connectivity index (χ3v) is 1.95. The second kappa shape index (κ2) is 5.06. The molecule has 0 aromatic rings. The zero-order valence-electron chi connectivity index (χ0n) is 6.78. The average molecular weight is 216 g/mol. The standard InChI is InChI=1S/C6H13NO5.ClH/c7-3-5(10)4(9)2(1-8)12-6(3)11;/h2-6,8-11H,1,7H2;1H/t2?,3-,4-,5-,6+;/m1./s1. The van der Waals surface area contributed by atoms with Gasteiger partial charge in [0.1, 0.15) is 18.3 Å². The molecule has 1 aliphatic rings. The first-order chi connectivity index (χ1) is 5.57. The second-order valence-electron chi connectivity index (χ2n) is 2.81. The maximum absolute atomic E-state index is 9.20. The highest BCUT2D eigenvalue weighted by molar-refractivity contribution is 5.85. The molecule has 6 nitrogen and oxygen atoms in total. The summed E-state index contributed by atoms with van der Waals surface area (Å²) in [6, 6.07) is -1.04. The van der Waals surface area contributed by atoms with Gasteiger partial charge in [-0.05, 0) is 0 Å². The summed E-state index contributed by atoms with van der Waals surface area (Å²) in [6.45, 7) is -0.470. The van der Waals surface area contributed by atoms with E-state index in [1.807, 2.05) is 0 Å². The molecule has 0 bridgehead atoms. The largest absolute Gasteiger partial charge is 0.394 e. The topological polar surface area (TPSA) is 116 Å². The summed E-state index contributed by atoms with van der Waals surface area (Å²) in [5, 5.41) is 36.1. The first-order valence-electron chi connectivity index (χ1n) is 3.64. The molecule has 1 heterocycles. The van der Waals surface area contributed by atoms with Crippen LogP contribution < -0.4 is 5.73 Å². The molecule has 6 N–H and O–H groups in total. The molecule has 0 spiro atoms. The minimum atomic E-state index is -1.35. The highest BCUT2D eigenvalue weighted by Gasteiger charge is 2.41. The van der Waals surface area contributed by atoms with Gasteiger partial charge in [-0.15, -0.1) is 12.4 Å². The Kier molecular flexibility index (Phi) is 5.08. The van der Waals surface area contributed by atoms with Crippen molar-refractivity contribution in [2.45, 2.75) is 30.6 Å². The van der Waals surface area contributed by atoms with E-state index in [4.69, 9.17) is 20.7 Å². The molecule has 80 valence electrons. The third kappa shape index (κ3) is 2.50. The van der Waals surface area contributed by atoms with Crippen molar-refractivity contribution in [2.75, 3.05) is 6.61 Å². The molecular weight excluding hydrogens is 202 g/mol. The first-order valence-corrected chi connectivity index (χ1v) is 3.64. The van der Waals surface area contributed by atoms with Crippen LogP contribution in [0.15, 0.2) is 0 Å². The number of ether oxygens (including phenoxy) is 1. The fourth-order valence-electron chi connectivity index (χ4n) is 1.12. The average Bonchev–Trinajstić information content (AvgIpc) is 2.08. The zero-order valence-corrected chi connectivity index (χ0v) is 7.59. The van der Waals surface area contributed by atoms with Crippen molar-refractivity contribution in [2.24, 2.45) is 5.73 Å². The van der Waals surface area contributed by atoms with Crippen LogP contribution in [0.25, 0.3) is 0 Å². The molecule has 1 saturated heterocycles. The van der Waals surface area contributed by atoms with E-state index in [-0.39, 0.29) is 12.4 Å². The summed E-state index contributed by atoms with van der Waals surface area (Å²) in [5.74, 6) is 0. The third-order valence-electron chi connectivity index (χ3n) is 1.95. The predicted octanol–water partition coefficient (Wildman–Crippen LogP) is -2.83. The Morgan fingerprint density at radius 1 is 1.15 bits per heavy atom. The number of aliphatic hydroxyl groups is 4. The summed E-state index contributed by atoms with van der Waals surface area (Å²) < 4.78 is 4.70. The highest BCUT2D eigenvalue weighted by atomic mass is 35.5. The van der Waals surface area contributed by atoms with E-state index in [1.165, 1.54) is 0 Å². The number of rotatable bonds is 1. The molecule has 13 heavy (non-hydrogen) atoms. The van der Waals surface area contributed by atoms with Crippen molar-refractivity contribution in [1.29, 1.82) is 0 Å². The van der Waals surface area contributed by atoms with E-state index in [0.29, 0.717) is 0 Å². The van der Waals surface area contributed by atoms with Gasteiger partial charge in [0.05, 0.1) is 12.6 Å². The summed E-state index contributed by atoms with van der Waals surface area (Å²) in [6.07, 6.45) is -4.85. The van der Waals surface area contributed by atoms with E-state index >= 15 is 0 Å². The smallest absolute Gasteiger partial charge is 0.173 e. The van der Waals surface area contributed by atoms with E-state index in [1.54, 1.807) is 0 Å². The Labute approximate surface area is 81.3 Å². The van der Waals surface area contributed by atoms with Crippen molar-refractivity contribution in [3.05, 3.63) is 0 Å². The lowest BCUT2D eigenvalue weighted by Crippen LogP contribution is -2.61. The van der Waals surface area contributed by atoms with Gasteiger partial charge in [-0.1, -0.05) is 0 Å². The molecule has 5 atom stereocenters. The fourth-order valence-corrected chi connectivity index (χ4v) is 1.12. The maximum Gasteiger partial charge on any atom is 0.173 e. The Bertz CT molecular complexity index is 155. The second-order valence-corrected chi connectivity index (χ2v) is 2.81. The zero-order chi connectivity index (χ0) is 9.30. The van der Waals surface area contributed by atoms with Crippen molar-refractivity contribution in [1.82, 2.24) is 0 Å². The van der Waals surface area contributed by atoms with Gasteiger partial charge in [0.2, 0.25) is 0 Å². The Morgan fingerprint density at radius 3 is 2.15 bits per heavy atom. The van der Waals surface area contributed by atoms with Crippen LogP contribution in [0.1, 0.15) is 0 Å². The van der Waals surface area contributed by atoms with Crippen LogP contribution in [0.4, 0.5) is 0 Å². The van der Waals surface area contributed by atoms with Crippen LogP contribution in [0, 0.1) is 0 Å². The number of aliphatic hydroxyl groups excluding tert-OH is 4. The Morgan fingerprint density at radius 2 is 1.69 bits per heavy atom. The number of hydrogen-bond donors (Lipinski definition) is 5. The lowest BCUT2D eigenvalue weighted by Gasteiger charge is -2.38. The minimum Gasteiger partial charge on any atom is -0.394 e. The Balaban J connectivity index is 0.00000144. The molecular formula is C6H14ClNO5. The van der Waals surface area contributed by atoms with E-state index in [0.717, 1.165) is 0 Å². The van der Waals surface area contributed by atoms with Crippen molar-refractivity contribution in [3.8, 4) is 0 Å². The van der Waals surface area contributed by atoms with E-state index in [9.17, 15) is 10.2 Å². The number of nitrogens with two attached hydrogens (primary N) is 1. The predicted molar refractivity (Wildman–Crippen MR) is 45.2 cm³/mol. The Hall–Kier alpha value is 0.0500. The lowest BCUT2D eigenvalue weighted by atomic mass is 9.98. The molecule has 0 aromatic heterocycles. The molecule has 0 saturated carbocycles. The summed E-state index contributed by atoms with van der Waals surface area (Å²) in [4.78, 5) is 0. The number of hydrogen-bond acceptors (Lipinski definition) is 6. The maximum atomic E-state index is 9.20. The van der Waals surface area contributed by atoms with Gasteiger partial charge in [-0.25, -0.2) is 0 Å². The first kappa shape index (κ1) is 13.1. The molecule has 7 heteroatoms. The molecule has 0 amide bonds. The van der Waals surface area contributed by atoms with Crippen LogP contribution in [0.2, 0.25) is 0 Å². The lowest BCUT2D eigenvalue weighted by molar-refractivity contribution is -0.248. The SMILES string of the molecule is Cl.N[C@@H]1[C@@H](O)[C@H](O)C(CO)O[C@@H]1O. The van der Waals surface area contributed by atoms with Crippen molar-refractivity contribution in [3.63, 3.8) is 0 Å². The normalized spacial score (nSPS) is 45.5. The van der Waals surface area contributed by atoms with Crippen LogP contribution in [0.5, 0.6) is 0 Å². The minimum absolute atomic E-state index is 0. The van der Waals surface area contributed by atoms with Crippen LogP contribution >= 0.6 is 12.4 Å². The summed E-state index contributed by atoms with van der Waals surface area (Å²) in [7, 11) is 0. The van der Waals surface area contributed by atoms with Crippen LogP contribution in [-0.4, -0.2) is 57.7 Å². The van der Waals surface area contributed by atoms with Crippen molar-refractivity contribution >= 4 is 12.4 Å². The molecule has 1 rings (SSSR count). The molecule has 0 aromatic carbocycles. The molecule has 0 aliphatic carbocycles. The fraction of sp³-hybridized carbons (Fsp3) is 1.00. The van der Waals surface area contributed by atoms with Gasteiger partial charge >= 0.3 is 0 Å². The van der Waals surface area contributed by atoms with E-state index < -0.39 is 37.3 Å². The van der Waals surface area contributed by atoms with Gasteiger partial charge in [-0.2, -0.15) is 0 Å².